The van der Waals surface area contributed by atoms with Crippen LogP contribution in [0.25, 0.3) is 0 Å². The summed E-state index contributed by atoms with van der Waals surface area (Å²) in [5.74, 6) is 0. The molecule has 0 aliphatic carbocycles. The second kappa shape index (κ2) is 6.67. The number of fused-ring (bicyclic) bond motifs is 1. The van der Waals surface area contributed by atoms with Gasteiger partial charge in [-0.25, -0.2) is 0 Å². The van der Waals surface area contributed by atoms with Crippen LogP contribution in [0.2, 0.25) is 0 Å². The van der Waals surface area contributed by atoms with Gasteiger partial charge in [-0.15, -0.1) is 11.8 Å². The highest BCUT2D eigenvalue weighted by Gasteiger charge is 2.29. The highest BCUT2D eigenvalue weighted by molar-refractivity contribution is 8.00. The van der Waals surface area contributed by atoms with E-state index in [1.54, 1.807) is 0 Å². The van der Waals surface area contributed by atoms with Gasteiger partial charge in [0.25, 0.3) is 0 Å². The first kappa shape index (κ1) is 14.7. The van der Waals surface area contributed by atoms with Crippen molar-refractivity contribution in [1.82, 2.24) is 15.1 Å². The highest BCUT2D eigenvalue weighted by Crippen LogP contribution is 2.38. The predicted molar refractivity (Wildman–Crippen MR) is 88.8 cm³/mol. The molecule has 0 amide bonds. The van der Waals surface area contributed by atoms with Gasteiger partial charge in [-0.3, -0.25) is 4.68 Å². The molecule has 1 aromatic carbocycles. The molecule has 1 aliphatic rings. The number of aromatic nitrogens is 2. The molecule has 112 valence electrons. The van der Waals surface area contributed by atoms with Gasteiger partial charge in [-0.1, -0.05) is 25.1 Å². The Balaban J connectivity index is 1.71. The summed E-state index contributed by atoms with van der Waals surface area (Å²) < 4.78 is 1.89. The third kappa shape index (κ3) is 3.50. The van der Waals surface area contributed by atoms with E-state index in [0.29, 0.717) is 11.3 Å². The molecule has 3 rings (SSSR count). The Morgan fingerprint density at radius 3 is 3.00 bits per heavy atom. The summed E-state index contributed by atoms with van der Waals surface area (Å²) in [6.45, 7) is 3.31. The van der Waals surface area contributed by atoms with Gasteiger partial charge in [0.05, 0.1) is 6.20 Å². The van der Waals surface area contributed by atoms with Crippen molar-refractivity contribution in [2.24, 2.45) is 7.05 Å². The maximum Gasteiger partial charge on any atom is 0.0522 e. The summed E-state index contributed by atoms with van der Waals surface area (Å²) in [6.07, 6.45) is 7.52. The lowest BCUT2D eigenvalue weighted by atomic mass is 10.0. The SMILES string of the molecule is CCCNC(Cc1cnn(C)c1)C1Cc2ccccc2S1. The molecule has 0 saturated carbocycles. The van der Waals surface area contributed by atoms with Gasteiger partial charge in [0.1, 0.15) is 0 Å². The molecular weight excluding hydrogens is 278 g/mol. The van der Waals surface area contributed by atoms with Crippen LogP contribution < -0.4 is 5.32 Å². The van der Waals surface area contributed by atoms with Gasteiger partial charge in [0.15, 0.2) is 0 Å². The Morgan fingerprint density at radius 1 is 1.43 bits per heavy atom. The van der Waals surface area contributed by atoms with Crippen LogP contribution in [-0.2, 0) is 19.9 Å². The van der Waals surface area contributed by atoms with Crippen molar-refractivity contribution >= 4 is 11.8 Å². The third-order valence-electron chi connectivity index (χ3n) is 3.99. The monoisotopic (exact) mass is 301 g/mol. The van der Waals surface area contributed by atoms with Crippen LogP contribution in [0.4, 0.5) is 0 Å². The molecule has 21 heavy (non-hydrogen) atoms. The van der Waals surface area contributed by atoms with Crippen LogP contribution in [0.3, 0.4) is 0 Å². The van der Waals surface area contributed by atoms with E-state index >= 15 is 0 Å². The first-order valence-electron chi connectivity index (χ1n) is 7.71. The summed E-state index contributed by atoms with van der Waals surface area (Å²) in [5, 5.41) is 8.66. The summed E-state index contributed by atoms with van der Waals surface area (Å²) in [5.41, 5.74) is 2.82. The summed E-state index contributed by atoms with van der Waals surface area (Å²) in [4.78, 5) is 1.46. The number of hydrogen-bond donors (Lipinski definition) is 1. The maximum absolute atomic E-state index is 4.30. The molecule has 3 nitrogen and oxygen atoms in total. The highest BCUT2D eigenvalue weighted by atomic mass is 32.2. The second-order valence-corrected chi connectivity index (χ2v) is 7.04. The fourth-order valence-electron chi connectivity index (χ4n) is 2.93. The van der Waals surface area contributed by atoms with E-state index in [2.05, 4.69) is 47.8 Å². The number of benzene rings is 1. The largest absolute Gasteiger partial charge is 0.313 e. The van der Waals surface area contributed by atoms with E-state index in [0.717, 1.165) is 13.0 Å². The van der Waals surface area contributed by atoms with E-state index in [1.807, 2.05) is 29.7 Å². The molecule has 1 aliphatic heterocycles. The number of thioether (sulfide) groups is 1. The first-order valence-corrected chi connectivity index (χ1v) is 8.59. The first-order chi connectivity index (χ1) is 10.3. The fraction of sp³-hybridized carbons (Fsp3) is 0.471. The maximum atomic E-state index is 4.30. The molecule has 0 fully saturated rings. The minimum Gasteiger partial charge on any atom is -0.313 e. The van der Waals surface area contributed by atoms with Gasteiger partial charge in [-0.2, -0.15) is 5.10 Å². The minimum atomic E-state index is 0.506. The Labute approximate surface area is 131 Å². The molecule has 0 bridgehead atoms. The van der Waals surface area contributed by atoms with Crippen LogP contribution in [0.1, 0.15) is 24.5 Å². The molecule has 2 unspecified atom stereocenters. The van der Waals surface area contributed by atoms with Crippen molar-refractivity contribution in [2.75, 3.05) is 6.54 Å². The van der Waals surface area contributed by atoms with E-state index in [1.165, 1.54) is 28.9 Å². The van der Waals surface area contributed by atoms with Crippen LogP contribution >= 0.6 is 11.8 Å². The summed E-state index contributed by atoms with van der Waals surface area (Å²) >= 11 is 2.03. The number of hydrogen-bond acceptors (Lipinski definition) is 3. The smallest absolute Gasteiger partial charge is 0.0522 e. The predicted octanol–water partition coefficient (Wildman–Crippen LogP) is 3.05. The van der Waals surface area contributed by atoms with Crippen molar-refractivity contribution in [3.05, 3.63) is 47.8 Å². The van der Waals surface area contributed by atoms with Crippen molar-refractivity contribution in [3.8, 4) is 0 Å². The Morgan fingerprint density at radius 2 is 2.29 bits per heavy atom. The van der Waals surface area contributed by atoms with Gasteiger partial charge in [0.2, 0.25) is 0 Å². The van der Waals surface area contributed by atoms with Crippen molar-refractivity contribution in [1.29, 1.82) is 0 Å². The molecule has 1 N–H and O–H groups in total. The molecule has 0 radical (unpaired) electrons. The molecule has 0 spiro atoms. The zero-order valence-corrected chi connectivity index (χ0v) is 13.6. The lowest BCUT2D eigenvalue weighted by Gasteiger charge is -2.23. The van der Waals surface area contributed by atoms with Crippen LogP contribution in [-0.4, -0.2) is 27.6 Å². The van der Waals surface area contributed by atoms with E-state index in [-0.39, 0.29) is 0 Å². The quantitative estimate of drug-likeness (QED) is 0.889. The summed E-state index contributed by atoms with van der Waals surface area (Å²) in [6, 6.07) is 9.32. The van der Waals surface area contributed by atoms with Crippen LogP contribution in [0.15, 0.2) is 41.6 Å². The lowest BCUT2D eigenvalue weighted by Crippen LogP contribution is -2.40. The Kier molecular flexibility index (Phi) is 4.66. The molecule has 2 heterocycles. The summed E-state index contributed by atoms with van der Waals surface area (Å²) in [7, 11) is 1.98. The van der Waals surface area contributed by atoms with Gasteiger partial charge in [0, 0.05) is 29.4 Å². The Hall–Kier alpha value is -1.26. The van der Waals surface area contributed by atoms with Gasteiger partial charge in [-0.05, 0) is 43.0 Å². The van der Waals surface area contributed by atoms with E-state index in [4.69, 9.17) is 0 Å². The van der Waals surface area contributed by atoms with E-state index < -0.39 is 0 Å². The molecule has 2 atom stereocenters. The van der Waals surface area contributed by atoms with Gasteiger partial charge < -0.3 is 5.32 Å². The molecule has 0 saturated heterocycles. The average Bonchev–Trinajstić information content (AvgIpc) is 3.09. The number of nitrogens with one attached hydrogen (secondary N) is 1. The lowest BCUT2D eigenvalue weighted by molar-refractivity contribution is 0.491. The topological polar surface area (TPSA) is 29.9 Å². The van der Waals surface area contributed by atoms with E-state index in [9.17, 15) is 0 Å². The van der Waals surface area contributed by atoms with Gasteiger partial charge >= 0.3 is 0 Å². The Bertz CT molecular complexity index is 568. The minimum absolute atomic E-state index is 0.506. The molecule has 4 heteroatoms. The normalized spacial score (nSPS) is 18.7. The van der Waals surface area contributed by atoms with Crippen molar-refractivity contribution in [3.63, 3.8) is 0 Å². The zero-order chi connectivity index (χ0) is 14.7. The molecule has 1 aromatic heterocycles. The zero-order valence-electron chi connectivity index (χ0n) is 12.7. The fourth-order valence-corrected chi connectivity index (χ4v) is 4.33. The number of aryl methyl sites for hydroxylation is 1. The van der Waals surface area contributed by atoms with Crippen LogP contribution in [0.5, 0.6) is 0 Å². The molecule has 2 aromatic rings. The standard InChI is InChI=1S/C17H23N3S/c1-3-8-18-15(9-13-11-19-20(2)12-13)17-10-14-6-4-5-7-16(14)21-17/h4-7,11-12,15,17-18H,3,8-10H2,1-2H3. The second-order valence-electron chi connectivity index (χ2n) is 5.76. The average molecular weight is 301 g/mol. The number of rotatable bonds is 6. The van der Waals surface area contributed by atoms with Crippen molar-refractivity contribution in [2.45, 2.75) is 42.4 Å². The van der Waals surface area contributed by atoms with Crippen molar-refractivity contribution < 1.29 is 0 Å². The third-order valence-corrected chi connectivity index (χ3v) is 5.44. The number of nitrogens with zero attached hydrogens (tertiary/aromatic N) is 2. The van der Waals surface area contributed by atoms with Crippen LogP contribution in [0, 0.1) is 0 Å². The molecular formula is C17H23N3S.